The number of aromatic nitrogens is 1. The summed E-state index contributed by atoms with van der Waals surface area (Å²) in [5.74, 6) is 0.0800. The number of nitro benzene ring substituents is 1. The summed E-state index contributed by atoms with van der Waals surface area (Å²) < 4.78 is 10.1. The summed E-state index contributed by atoms with van der Waals surface area (Å²) in [5, 5.41) is 14.9. The van der Waals surface area contributed by atoms with Crippen LogP contribution in [0, 0.1) is 10.1 Å². The van der Waals surface area contributed by atoms with Crippen molar-refractivity contribution in [3.63, 3.8) is 0 Å². The van der Waals surface area contributed by atoms with Crippen LogP contribution in [0.4, 0.5) is 5.69 Å². The lowest BCUT2D eigenvalue weighted by Crippen LogP contribution is -2.17. The third kappa shape index (κ3) is 3.64. The molecule has 2 rings (SSSR count). The van der Waals surface area contributed by atoms with E-state index in [0.717, 1.165) is 0 Å². The van der Waals surface area contributed by atoms with Crippen molar-refractivity contribution in [1.29, 1.82) is 0 Å². The number of H-pyrrole nitrogens is 1. The molecule has 2 N–H and O–H groups in total. The lowest BCUT2D eigenvalue weighted by Gasteiger charge is -2.08. The molecule has 9 heteroatoms. The number of ether oxygens (including phenoxy) is 2. The number of carbonyl (C=O) groups excluding carboxylic acids is 1. The zero-order chi connectivity index (χ0) is 16.8. The number of benzene rings is 1. The fraction of sp³-hybridized carbons (Fsp3) is 0.143. The molecular weight excluding hydrogens is 304 g/mol. The first-order chi connectivity index (χ1) is 11.1. The maximum atomic E-state index is 11.7. The standard InChI is InChI=1S/C14H14N4O5/c1-22-12-6-9(11(18(20)21)7-13(12)23-2)8-16-17-14(19)10-4-3-5-15-10/h3-8,15H,1-2H3,(H,17,19)/b16-8-. The van der Waals surface area contributed by atoms with Crippen LogP contribution in [0.1, 0.15) is 16.1 Å². The van der Waals surface area contributed by atoms with Gasteiger partial charge in [0.25, 0.3) is 11.6 Å². The number of methoxy groups -OCH3 is 2. The Morgan fingerprint density at radius 1 is 1.35 bits per heavy atom. The molecule has 0 bridgehead atoms. The Hall–Kier alpha value is -3.36. The van der Waals surface area contributed by atoms with E-state index < -0.39 is 10.8 Å². The minimum Gasteiger partial charge on any atom is -0.493 e. The van der Waals surface area contributed by atoms with Crippen molar-refractivity contribution < 1.29 is 19.2 Å². The highest BCUT2D eigenvalue weighted by Crippen LogP contribution is 2.33. The predicted molar refractivity (Wildman–Crippen MR) is 82.1 cm³/mol. The summed E-state index contributed by atoms with van der Waals surface area (Å²) in [6.07, 6.45) is 2.76. The van der Waals surface area contributed by atoms with Gasteiger partial charge in [0.1, 0.15) is 5.69 Å². The van der Waals surface area contributed by atoms with Gasteiger partial charge in [0.2, 0.25) is 0 Å². The molecule has 23 heavy (non-hydrogen) atoms. The van der Waals surface area contributed by atoms with E-state index in [9.17, 15) is 14.9 Å². The summed E-state index contributed by atoms with van der Waals surface area (Å²) in [7, 11) is 2.80. The first-order valence-corrected chi connectivity index (χ1v) is 6.44. The van der Waals surface area contributed by atoms with Crippen molar-refractivity contribution in [3.05, 3.63) is 51.8 Å². The van der Waals surface area contributed by atoms with Gasteiger partial charge in [-0.25, -0.2) is 5.43 Å². The van der Waals surface area contributed by atoms with Crippen molar-refractivity contribution in [2.24, 2.45) is 5.10 Å². The van der Waals surface area contributed by atoms with E-state index in [1.807, 2.05) is 0 Å². The molecule has 0 fully saturated rings. The van der Waals surface area contributed by atoms with Gasteiger partial charge in [-0.15, -0.1) is 0 Å². The van der Waals surface area contributed by atoms with Crippen LogP contribution in [0.5, 0.6) is 11.5 Å². The van der Waals surface area contributed by atoms with Crippen LogP contribution < -0.4 is 14.9 Å². The number of hydrogen-bond donors (Lipinski definition) is 2. The minimum atomic E-state index is -0.573. The molecule has 1 aromatic heterocycles. The maximum absolute atomic E-state index is 11.7. The van der Waals surface area contributed by atoms with Gasteiger partial charge in [0, 0.05) is 6.20 Å². The van der Waals surface area contributed by atoms with Crippen molar-refractivity contribution in [3.8, 4) is 11.5 Å². The summed E-state index contributed by atoms with van der Waals surface area (Å²) in [6, 6.07) is 5.87. The number of carbonyl (C=O) groups is 1. The van der Waals surface area contributed by atoms with Crippen LogP contribution in [0.25, 0.3) is 0 Å². The summed E-state index contributed by atoms with van der Waals surface area (Å²) in [5.41, 5.74) is 2.54. The zero-order valence-corrected chi connectivity index (χ0v) is 12.4. The molecule has 1 amide bonds. The average Bonchev–Trinajstić information content (AvgIpc) is 3.08. The number of nitro groups is 1. The van der Waals surface area contributed by atoms with Crippen LogP contribution in [-0.4, -0.2) is 36.2 Å². The van der Waals surface area contributed by atoms with E-state index in [-0.39, 0.29) is 17.0 Å². The Kier molecular flexibility index (Phi) is 4.92. The molecule has 0 unspecified atom stereocenters. The van der Waals surface area contributed by atoms with Crippen molar-refractivity contribution in [2.75, 3.05) is 14.2 Å². The Labute approximate surface area is 131 Å². The number of rotatable bonds is 6. The zero-order valence-electron chi connectivity index (χ0n) is 12.4. The van der Waals surface area contributed by atoms with E-state index in [4.69, 9.17) is 9.47 Å². The first kappa shape index (κ1) is 16.0. The molecule has 0 aliphatic rings. The molecule has 0 saturated carbocycles. The van der Waals surface area contributed by atoms with Crippen LogP contribution >= 0.6 is 0 Å². The minimum absolute atomic E-state index is 0.166. The first-order valence-electron chi connectivity index (χ1n) is 6.44. The number of nitrogens with one attached hydrogen (secondary N) is 2. The summed E-state index contributed by atoms with van der Waals surface area (Å²) in [4.78, 5) is 25.0. The maximum Gasteiger partial charge on any atom is 0.287 e. The van der Waals surface area contributed by atoms with Crippen LogP contribution in [-0.2, 0) is 0 Å². The van der Waals surface area contributed by atoms with Crippen molar-refractivity contribution in [2.45, 2.75) is 0 Å². The van der Waals surface area contributed by atoms with Gasteiger partial charge in [-0.1, -0.05) is 0 Å². The van der Waals surface area contributed by atoms with Crippen molar-refractivity contribution >= 4 is 17.8 Å². The van der Waals surface area contributed by atoms with Gasteiger partial charge >= 0.3 is 0 Å². The molecule has 120 valence electrons. The second kappa shape index (κ2) is 7.07. The van der Waals surface area contributed by atoms with E-state index in [1.54, 1.807) is 18.3 Å². The van der Waals surface area contributed by atoms with Crippen molar-refractivity contribution in [1.82, 2.24) is 10.4 Å². The third-order valence-electron chi connectivity index (χ3n) is 2.94. The monoisotopic (exact) mass is 318 g/mol. The van der Waals surface area contributed by atoms with E-state index in [2.05, 4.69) is 15.5 Å². The largest absolute Gasteiger partial charge is 0.493 e. The number of aromatic amines is 1. The quantitative estimate of drug-likeness (QED) is 0.477. The van der Waals surface area contributed by atoms with Gasteiger partial charge in [-0.05, 0) is 18.2 Å². The molecule has 0 atom stereocenters. The van der Waals surface area contributed by atoms with Crippen LogP contribution in [0.3, 0.4) is 0 Å². The van der Waals surface area contributed by atoms with Gasteiger partial charge in [0.15, 0.2) is 11.5 Å². The molecule has 2 aromatic rings. The summed E-state index contributed by atoms with van der Waals surface area (Å²) >= 11 is 0. The number of nitrogens with zero attached hydrogens (tertiary/aromatic N) is 2. The Balaban J connectivity index is 2.25. The Bertz CT molecular complexity index is 740. The third-order valence-corrected chi connectivity index (χ3v) is 2.94. The lowest BCUT2D eigenvalue weighted by molar-refractivity contribution is -0.385. The second-order valence-electron chi connectivity index (χ2n) is 4.31. The van der Waals surface area contributed by atoms with Crippen LogP contribution in [0.2, 0.25) is 0 Å². The molecule has 0 aliphatic heterocycles. The summed E-state index contributed by atoms with van der Waals surface area (Å²) in [6.45, 7) is 0. The number of amides is 1. The van der Waals surface area contributed by atoms with E-state index in [0.29, 0.717) is 11.4 Å². The molecule has 1 heterocycles. The van der Waals surface area contributed by atoms with Gasteiger partial charge in [-0.3, -0.25) is 14.9 Å². The topological polar surface area (TPSA) is 119 Å². The van der Waals surface area contributed by atoms with E-state index in [1.165, 1.54) is 32.6 Å². The highest BCUT2D eigenvalue weighted by Gasteiger charge is 2.18. The molecule has 1 aromatic carbocycles. The SMILES string of the molecule is COc1cc(/C=N\NC(=O)c2ccc[nH]2)c([N+](=O)[O-])cc1OC. The van der Waals surface area contributed by atoms with Crippen LogP contribution in [0.15, 0.2) is 35.6 Å². The molecule has 0 saturated heterocycles. The molecule has 0 radical (unpaired) electrons. The van der Waals surface area contributed by atoms with Gasteiger partial charge < -0.3 is 14.5 Å². The Morgan fingerprint density at radius 3 is 2.61 bits per heavy atom. The van der Waals surface area contributed by atoms with Gasteiger partial charge in [0.05, 0.1) is 37.0 Å². The highest BCUT2D eigenvalue weighted by molar-refractivity contribution is 5.94. The molecule has 0 spiro atoms. The predicted octanol–water partition coefficient (Wildman–Crippen LogP) is 1.70. The Morgan fingerprint density at radius 2 is 2.04 bits per heavy atom. The average molecular weight is 318 g/mol. The highest BCUT2D eigenvalue weighted by atomic mass is 16.6. The fourth-order valence-corrected chi connectivity index (χ4v) is 1.84. The second-order valence-corrected chi connectivity index (χ2v) is 4.31. The molecule has 0 aliphatic carbocycles. The smallest absolute Gasteiger partial charge is 0.287 e. The van der Waals surface area contributed by atoms with Gasteiger partial charge in [-0.2, -0.15) is 5.10 Å². The molecular formula is C14H14N4O5. The van der Waals surface area contributed by atoms with E-state index >= 15 is 0 Å². The lowest BCUT2D eigenvalue weighted by atomic mass is 10.1. The fourth-order valence-electron chi connectivity index (χ4n) is 1.84. The normalized spacial score (nSPS) is 10.5. The number of hydrazone groups is 1. The number of hydrogen-bond acceptors (Lipinski definition) is 6. The molecule has 9 nitrogen and oxygen atoms in total.